The van der Waals surface area contributed by atoms with Gasteiger partial charge in [-0.15, -0.1) is 0 Å². The zero-order chi connectivity index (χ0) is 16.9. The Labute approximate surface area is 139 Å². The van der Waals surface area contributed by atoms with E-state index in [0.29, 0.717) is 18.5 Å². The summed E-state index contributed by atoms with van der Waals surface area (Å²) in [4.78, 5) is 25.5. The molecule has 0 spiro atoms. The largest absolute Gasteiger partial charge is 0.349 e. The number of carbonyl (C=O) groups is 2. The first-order chi connectivity index (χ1) is 11.5. The van der Waals surface area contributed by atoms with Gasteiger partial charge < -0.3 is 5.32 Å². The Morgan fingerprint density at radius 1 is 1.50 bits per heavy atom. The zero-order valence-electron chi connectivity index (χ0n) is 13.3. The molecule has 2 atom stereocenters. The second-order valence-corrected chi connectivity index (χ2v) is 7.21. The number of benzene rings is 1. The molecule has 2 heterocycles. The maximum Gasteiger partial charge on any atom is 0.274 e. The number of amides is 2. The van der Waals surface area contributed by atoms with E-state index in [0.717, 1.165) is 44.0 Å². The van der Waals surface area contributed by atoms with Gasteiger partial charge in [-0.05, 0) is 43.4 Å². The lowest BCUT2D eigenvalue weighted by molar-refractivity contribution is -0.124. The molecule has 128 valence electrons. The Hall–Kier alpha value is -1.99. The highest BCUT2D eigenvalue weighted by Crippen LogP contribution is 2.41. The molecule has 2 amide bonds. The quantitative estimate of drug-likeness (QED) is 0.569. The van der Waals surface area contributed by atoms with Crippen molar-refractivity contribution in [3.63, 3.8) is 0 Å². The van der Waals surface area contributed by atoms with E-state index in [-0.39, 0.29) is 22.9 Å². The van der Waals surface area contributed by atoms with Crippen LogP contribution in [0, 0.1) is 11.7 Å². The van der Waals surface area contributed by atoms with Gasteiger partial charge in [0.05, 0.1) is 5.54 Å². The van der Waals surface area contributed by atoms with Gasteiger partial charge in [0, 0.05) is 36.7 Å². The maximum absolute atomic E-state index is 14.4. The second kappa shape index (κ2) is 5.53. The van der Waals surface area contributed by atoms with Crippen molar-refractivity contribution in [1.82, 2.24) is 15.7 Å². The SMILES string of the molecule is O=C(NO)c1cc(F)c2c(c1)CCN(CC13CCC(C1)C(=O)N3)C2. The Kier molecular flexibility index (Phi) is 3.58. The number of carbonyl (C=O) groups excluding carboxylic acids is 2. The van der Waals surface area contributed by atoms with E-state index in [2.05, 4.69) is 10.2 Å². The van der Waals surface area contributed by atoms with Crippen molar-refractivity contribution in [3.05, 3.63) is 34.6 Å². The Morgan fingerprint density at radius 3 is 3.00 bits per heavy atom. The highest BCUT2D eigenvalue weighted by atomic mass is 19.1. The number of halogens is 1. The van der Waals surface area contributed by atoms with Crippen LogP contribution < -0.4 is 10.8 Å². The summed E-state index contributed by atoms with van der Waals surface area (Å²) >= 11 is 0. The summed E-state index contributed by atoms with van der Waals surface area (Å²) in [7, 11) is 0. The van der Waals surface area contributed by atoms with E-state index >= 15 is 0 Å². The smallest absolute Gasteiger partial charge is 0.274 e. The average Bonchev–Trinajstić information content (AvgIpc) is 3.11. The number of nitrogens with zero attached hydrogens (tertiary/aromatic N) is 1. The number of piperidine rings is 1. The van der Waals surface area contributed by atoms with Crippen molar-refractivity contribution < 1.29 is 19.2 Å². The molecular formula is C17H20FN3O3. The second-order valence-electron chi connectivity index (χ2n) is 7.21. The molecule has 1 aliphatic carbocycles. The molecule has 0 radical (unpaired) electrons. The predicted molar refractivity (Wildman–Crippen MR) is 82.8 cm³/mol. The van der Waals surface area contributed by atoms with E-state index < -0.39 is 11.7 Å². The van der Waals surface area contributed by atoms with Gasteiger partial charge in [0.1, 0.15) is 5.82 Å². The van der Waals surface area contributed by atoms with Crippen molar-refractivity contribution in [2.75, 3.05) is 13.1 Å². The third-order valence-electron chi connectivity index (χ3n) is 5.62. The topological polar surface area (TPSA) is 81.7 Å². The van der Waals surface area contributed by atoms with Gasteiger partial charge in [0.25, 0.3) is 5.91 Å². The average molecular weight is 333 g/mol. The van der Waals surface area contributed by atoms with Gasteiger partial charge >= 0.3 is 0 Å². The van der Waals surface area contributed by atoms with Crippen LogP contribution in [0.15, 0.2) is 12.1 Å². The summed E-state index contributed by atoms with van der Waals surface area (Å²) in [6.45, 7) is 1.98. The van der Waals surface area contributed by atoms with Crippen LogP contribution in [0.2, 0.25) is 0 Å². The van der Waals surface area contributed by atoms with Crippen molar-refractivity contribution in [3.8, 4) is 0 Å². The van der Waals surface area contributed by atoms with Crippen LogP contribution in [-0.2, 0) is 17.8 Å². The number of fused-ring (bicyclic) bond motifs is 3. The minimum absolute atomic E-state index is 0.127. The molecule has 2 unspecified atom stereocenters. The minimum Gasteiger partial charge on any atom is -0.349 e. The van der Waals surface area contributed by atoms with Crippen LogP contribution in [0.25, 0.3) is 0 Å². The van der Waals surface area contributed by atoms with E-state index in [1.807, 2.05) is 0 Å². The van der Waals surface area contributed by atoms with E-state index in [1.54, 1.807) is 6.07 Å². The standard InChI is InChI=1S/C17H20FN3O3/c18-14-6-12(16(23)20-24)5-10-2-4-21(8-13(10)14)9-17-3-1-11(7-17)15(22)19-17/h5-6,11,24H,1-4,7-9H2,(H,19,22)(H,20,23). The van der Waals surface area contributed by atoms with Crippen molar-refractivity contribution in [1.29, 1.82) is 0 Å². The summed E-state index contributed by atoms with van der Waals surface area (Å²) in [6.07, 6.45) is 3.47. The summed E-state index contributed by atoms with van der Waals surface area (Å²) in [5.41, 5.74) is 2.93. The Morgan fingerprint density at radius 2 is 2.33 bits per heavy atom. The Balaban J connectivity index is 1.52. The first-order valence-electron chi connectivity index (χ1n) is 8.30. The molecule has 2 bridgehead atoms. The molecule has 7 heteroatoms. The lowest BCUT2D eigenvalue weighted by atomic mass is 9.93. The lowest BCUT2D eigenvalue weighted by Gasteiger charge is -2.37. The van der Waals surface area contributed by atoms with Gasteiger partial charge in [-0.2, -0.15) is 0 Å². The monoisotopic (exact) mass is 333 g/mol. The summed E-state index contributed by atoms with van der Waals surface area (Å²) in [5.74, 6) is -0.820. The third kappa shape index (κ3) is 2.48. The predicted octanol–water partition coefficient (Wildman–Crippen LogP) is 0.972. The fourth-order valence-electron chi connectivity index (χ4n) is 4.44. The molecule has 3 aliphatic rings. The van der Waals surface area contributed by atoms with E-state index in [9.17, 15) is 14.0 Å². The molecule has 4 rings (SSSR count). The van der Waals surface area contributed by atoms with Gasteiger partial charge in [0.15, 0.2) is 0 Å². The van der Waals surface area contributed by atoms with Gasteiger partial charge in [-0.1, -0.05) is 0 Å². The molecule has 2 aliphatic heterocycles. The first kappa shape index (κ1) is 15.5. The summed E-state index contributed by atoms with van der Waals surface area (Å²) < 4.78 is 14.4. The summed E-state index contributed by atoms with van der Waals surface area (Å²) in [6, 6.07) is 2.80. The molecule has 2 fully saturated rings. The lowest BCUT2D eigenvalue weighted by Crippen LogP contribution is -2.52. The fourth-order valence-corrected chi connectivity index (χ4v) is 4.44. The molecule has 1 saturated heterocycles. The summed E-state index contributed by atoms with van der Waals surface area (Å²) in [5, 5.41) is 11.8. The maximum atomic E-state index is 14.4. The molecule has 3 N–H and O–H groups in total. The highest BCUT2D eigenvalue weighted by Gasteiger charge is 2.50. The number of hydrogen-bond donors (Lipinski definition) is 3. The Bertz CT molecular complexity index is 723. The molecule has 0 aromatic heterocycles. The molecule has 1 saturated carbocycles. The van der Waals surface area contributed by atoms with Gasteiger partial charge in [-0.3, -0.25) is 19.7 Å². The first-order valence-corrected chi connectivity index (χ1v) is 8.30. The van der Waals surface area contributed by atoms with Gasteiger partial charge in [0.2, 0.25) is 5.91 Å². The molecule has 6 nitrogen and oxygen atoms in total. The number of nitrogens with one attached hydrogen (secondary N) is 2. The molecular weight excluding hydrogens is 313 g/mol. The van der Waals surface area contributed by atoms with Crippen LogP contribution in [0.5, 0.6) is 0 Å². The number of hydroxylamine groups is 1. The van der Waals surface area contributed by atoms with Crippen molar-refractivity contribution >= 4 is 11.8 Å². The van der Waals surface area contributed by atoms with E-state index in [1.165, 1.54) is 5.48 Å². The van der Waals surface area contributed by atoms with Crippen molar-refractivity contribution in [2.45, 2.75) is 37.8 Å². The van der Waals surface area contributed by atoms with Gasteiger partial charge in [-0.25, -0.2) is 9.87 Å². The molecule has 1 aromatic carbocycles. The number of hydrogen-bond acceptors (Lipinski definition) is 4. The highest BCUT2D eigenvalue weighted by molar-refractivity contribution is 5.93. The molecule has 1 aromatic rings. The minimum atomic E-state index is -0.705. The third-order valence-corrected chi connectivity index (χ3v) is 5.62. The van der Waals surface area contributed by atoms with Crippen LogP contribution in [0.4, 0.5) is 4.39 Å². The normalized spacial score (nSPS) is 28.6. The van der Waals surface area contributed by atoms with Crippen LogP contribution in [0.1, 0.15) is 40.7 Å². The molecule has 24 heavy (non-hydrogen) atoms. The van der Waals surface area contributed by atoms with Crippen molar-refractivity contribution in [2.24, 2.45) is 5.92 Å². The van der Waals surface area contributed by atoms with Crippen LogP contribution in [-0.4, -0.2) is 40.5 Å². The van der Waals surface area contributed by atoms with Crippen LogP contribution in [0.3, 0.4) is 0 Å². The van der Waals surface area contributed by atoms with E-state index in [4.69, 9.17) is 5.21 Å². The fraction of sp³-hybridized carbons (Fsp3) is 0.529. The zero-order valence-corrected chi connectivity index (χ0v) is 13.3. The van der Waals surface area contributed by atoms with Crippen LogP contribution >= 0.6 is 0 Å². The number of rotatable bonds is 3.